The average Bonchev–Trinajstić information content (AvgIpc) is 3.12. The number of aromatic nitrogens is 2. The van der Waals surface area contributed by atoms with Crippen molar-refractivity contribution >= 4 is 45.8 Å². The number of para-hydroxylation sites is 3. The predicted molar refractivity (Wildman–Crippen MR) is 109 cm³/mol. The second-order valence-electron chi connectivity index (χ2n) is 6.11. The van der Waals surface area contributed by atoms with Crippen LogP contribution in [0, 0.1) is 0 Å². The van der Waals surface area contributed by atoms with Crippen molar-refractivity contribution in [2.24, 2.45) is 4.99 Å². The van der Waals surface area contributed by atoms with E-state index >= 15 is 0 Å². The minimum atomic E-state index is -0.00141. The third-order valence-corrected chi connectivity index (χ3v) is 5.93. The third kappa shape index (κ3) is 2.71. The van der Waals surface area contributed by atoms with Crippen molar-refractivity contribution in [3.8, 4) is 0 Å². The van der Waals surface area contributed by atoms with Gasteiger partial charge in [-0.15, -0.1) is 11.8 Å². The second-order valence-corrected chi connectivity index (χ2v) is 7.69. The summed E-state index contributed by atoms with van der Waals surface area (Å²) in [6, 6.07) is 24.2. The molecule has 4 aromatic rings. The summed E-state index contributed by atoms with van der Waals surface area (Å²) < 4.78 is 0. The molecule has 3 aromatic carbocycles. The molecule has 0 saturated carbocycles. The highest BCUT2D eigenvalue weighted by Gasteiger charge is 2.29. The average molecular weight is 376 g/mol. The molecule has 26 heavy (non-hydrogen) atoms. The number of nitrogens with one attached hydrogen (secondary N) is 1. The van der Waals surface area contributed by atoms with Crippen LogP contribution < -0.4 is 0 Å². The van der Waals surface area contributed by atoms with Crippen LogP contribution >= 0.6 is 23.4 Å². The number of nitrogens with zero attached hydrogens (tertiary/aromatic N) is 2. The van der Waals surface area contributed by atoms with Gasteiger partial charge in [0.1, 0.15) is 11.1 Å². The predicted octanol–water partition coefficient (Wildman–Crippen LogP) is 6.18. The molecule has 1 N–H and O–H groups in total. The lowest BCUT2D eigenvalue weighted by Crippen LogP contribution is -2.15. The Balaban J connectivity index is 1.68. The van der Waals surface area contributed by atoms with Gasteiger partial charge in [-0.1, -0.05) is 48.0 Å². The third-order valence-electron chi connectivity index (χ3n) is 4.40. The van der Waals surface area contributed by atoms with Crippen molar-refractivity contribution < 1.29 is 0 Å². The number of benzene rings is 3. The summed E-state index contributed by atoms with van der Waals surface area (Å²) in [4.78, 5) is 14.4. The summed E-state index contributed by atoms with van der Waals surface area (Å²) in [7, 11) is 0. The Morgan fingerprint density at radius 1 is 0.885 bits per heavy atom. The number of H-pyrrole nitrogens is 1. The first-order valence-corrected chi connectivity index (χ1v) is 9.58. The first-order valence-electron chi connectivity index (χ1n) is 8.33. The van der Waals surface area contributed by atoms with Crippen LogP contribution in [0.2, 0.25) is 5.02 Å². The number of thioether (sulfide) groups is 1. The Morgan fingerprint density at radius 2 is 1.65 bits per heavy atom. The van der Waals surface area contributed by atoms with E-state index in [-0.39, 0.29) is 5.25 Å². The standard InChI is InChI=1S/C21H14ClN3S/c22-14-11-9-13(10-12-14)19-20(26-18-8-4-3-7-17(18)23-19)21-24-15-5-1-2-6-16(15)25-21/h1-12,20H,(H,24,25)/t20-/m0/s1. The monoisotopic (exact) mass is 375 g/mol. The van der Waals surface area contributed by atoms with E-state index in [1.807, 2.05) is 66.7 Å². The van der Waals surface area contributed by atoms with E-state index in [0.29, 0.717) is 0 Å². The molecule has 3 nitrogen and oxygen atoms in total. The highest BCUT2D eigenvalue weighted by molar-refractivity contribution is 8.00. The van der Waals surface area contributed by atoms with Crippen LogP contribution in [0.4, 0.5) is 5.69 Å². The highest BCUT2D eigenvalue weighted by atomic mass is 35.5. The molecule has 5 heteroatoms. The molecule has 2 heterocycles. The largest absolute Gasteiger partial charge is 0.341 e. The molecule has 1 aliphatic heterocycles. The minimum absolute atomic E-state index is 0.00141. The van der Waals surface area contributed by atoms with Crippen molar-refractivity contribution in [3.05, 3.63) is 89.2 Å². The number of imidazole rings is 1. The number of fused-ring (bicyclic) bond motifs is 2. The summed E-state index contributed by atoms with van der Waals surface area (Å²) >= 11 is 7.85. The zero-order chi connectivity index (χ0) is 17.5. The van der Waals surface area contributed by atoms with E-state index in [2.05, 4.69) is 11.1 Å². The summed E-state index contributed by atoms with van der Waals surface area (Å²) in [6.45, 7) is 0. The van der Waals surface area contributed by atoms with Crippen molar-refractivity contribution in [2.75, 3.05) is 0 Å². The molecule has 0 unspecified atom stereocenters. The zero-order valence-electron chi connectivity index (χ0n) is 13.7. The molecular formula is C21H14ClN3S. The van der Waals surface area contributed by atoms with Crippen LogP contribution in [-0.4, -0.2) is 15.7 Å². The maximum Gasteiger partial charge on any atom is 0.126 e. The van der Waals surface area contributed by atoms with E-state index in [0.717, 1.165) is 43.7 Å². The van der Waals surface area contributed by atoms with Gasteiger partial charge in [0, 0.05) is 9.92 Å². The first kappa shape index (κ1) is 15.7. The number of hydrogen-bond acceptors (Lipinski definition) is 3. The Hall–Kier alpha value is -2.56. The van der Waals surface area contributed by atoms with Crippen molar-refractivity contribution in [1.29, 1.82) is 0 Å². The van der Waals surface area contributed by atoms with Crippen LogP contribution in [0.5, 0.6) is 0 Å². The number of rotatable bonds is 2. The first-order chi connectivity index (χ1) is 12.8. The fraction of sp³-hybridized carbons (Fsp3) is 0.0476. The van der Waals surface area contributed by atoms with Crippen LogP contribution in [-0.2, 0) is 0 Å². The van der Waals surface area contributed by atoms with Crippen molar-refractivity contribution in [1.82, 2.24) is 9.97 Å². The molecule has 0 aliphatic carbocycles. The molecule has 1 atom stereocenters. The molecule has 0 saturated heterocycles. The summed E-state index contributed by atoms with van der Waals surface area (Å²) in [5.74, 6) is 0.916. The molecule has 1 aliphatic rings. The van der Waals surface area contributed by atoms with E-state index in [4.69, 9.17) is 21.6 Å². The molecule has 0 bridgehead atoms. The van der Waals surface area contributed by atoms with Crippen LogP contribution in [0.1, 0.15) is 16.6 Å². The van der Waals surface area contributed by atoms with Crippen LogP contribution in [0.3, 0.4) is 0 Å². The lowest BCUT2D eigenvalue weighted by Gasteiger charge is -2.23. The Kier molecular flexibility index (Phi) is 3.80. The topological polar surface area (TPSA) is 41.0 Å². The molecule has 0 radical (unpaired) electrons. The highest BCUT2D eigenvalue weighted by Crippen LogP contribution is 2.46. The van der Waals surface area contributed by atoms with Crippen LogP contribution in [0.15, 0.2) is 82.7 Å². The van der Waals surface area contributed by atoms with Gasteiger partial charge in [0.05, 0.1) is 22.4 Å². The summed E-state index contributed by atoms with van der Waals surface area (Å²) in [5.41, 5.74) is 5.05. The number of hydrogen-bond donors (Lipinski definition) is 1. The van der Waals surface area contributed by atoms with Crippen LogP contribution in [0.25, 0.3) is 11.0 Å². The number of aliphatic imine (C=N–C) groups is 1. The maximum atomic E-state index is 6.07. The number of halogens is 1. The maximum absolute atomic E-state index is 6.07. The summed E-state index contributed by atoms with van der Waals surface area (Å²) in [6.07, 6.45) is 0. The van der Waals surface area contributed by atoms with Gasteiger partial charge in [-0.3, -0.25) is 0 Å². The number of aromatic amines is 1. The van der Waals surface area contributed by atoms with E-state index in [1.54, 1.807) is 11.8 Å². The van der Waals surface area contributed by atoms with Gasteiger partial charge in [-0.2, -0.15) is 0 Å². The Bertz CT molecular complexity index is 1100. The molecule has 0 amide bonds. The van der Waals surface area contributed by atoms with E-state index in [1.165, 1.54) is 0 Å². The van der Waals surface area contributed by atoms with E-state index in [9.17, 15) is 0 Å². The fourth-order valence-corrected chi connectivity index (χ4v) is 4.43. The molecule has 0 fully saturated rings. The Morgan fingerprint density at radius 3 is 2.50 bits per heavy atom. The van der Waals surface area contributed by atoms with Gasteiger partial charge in [0.2, 0.25) is 0 Å². The van der Waals surface area contributed by atoms with Gasteiger partial charge >= 0.3 is 0 Å². The lowest BCUT2D eigenvalue weighted by molar-refractivity contribution is 1.06. The fourth-order valence-electron chi connectivity index (χ4n) is 3.14. The molecular weight excluding hydrogens is 362 g/mol. The zero-order valence-corrected chi connectivity index (χ0v) is 15.3. The van der Waals surface area contributed by atoms with Gasteiger partial charge in [-0.05, 0) is 42.0 Å². The lowest BCUT2D eigenvalue weighted by atomic mass is 10.1. The SMILES string of the molecule is Clc1ccc(C2=Nc3ccccc3S[C@@H]2c2nc3ccccc3[nH]2)cc1. The van der Waals surface area contributed by atoms with Gasteiger partial charge < -0.3 is 4.98 Å². The van der Waals surface area contributed by atoms with Crippen molar-refractivity contribution in [2.45, 2.75) is 10.1 Å². The summed E-state index contributed by atoms with van der Waals surface area (Å²) in [5, 5.41) is 0.719. The molecule has 1 aromatic heterocycles. The van der Waals surface area contributed by atoms with E-state index < -0.39 is 0 Å². The minimum Gasteiger partial charge on any atom is -0.341 e. The van der Waals surface area contributed by atoms with Crippen molar-refractivity contribution in [3.63, 3.8) is 0 Å². The normalized spacial score (nSPS) is 16.3. The second kappa shape index (κ2) is 6.31. The molecule has 126 valence electrons. The van der Waals surface area contributed by atoms with Gasteiger partial charge in [0.25, 0.3) is 0 Å². The molecule has 0 spiro atoms. The van der Waals surface area contributed by atoms with Gasteiger partial charge in [-0.25, -0.2) is 9.98 Å². The van der Waals surface area contributed by atoms with Gasteiger partial charge in [0.15, 0.2) is 0 Å². The quantitative estimate of drug-likeness (QED) is 0.454. The molecule has 5 rings (SSSR count). The smallest absolute Gasteiger partial charge is 0.126 e. The Labute approximate surface area is 160 Å².